The second-order valence-electron chi connectivity index (χ2n) is 6.59. The summed E-state index contributed by atoms with van der Waals surface area (Å²) in [6, 6.07) is 25.3. The van der Waals surface area contributed by atoms with Gasteiger partial charge in [0.2, 0.25) is 10.0 Å². The normalized spacial score (nSPS) is 11.2. The number of carbonyl (C=O) groups excluding carboxylic acids is 1. The summed E-state index contributed by atoms with van der Waals surface area (Å²) in [4.78, 5) is 12.5. The zero-order chi connectivity index (χ0) is 20.7. The Morgan fingerprint density at radius 1 is 0.828 bits per heavy atom. The smallest absolute Gasteiger partial charge is 0.315 e. The molecule has 0 spiro atoms. The van der Waals surface area contributed by atoms with E-state index in [1.54, 1.807) is 12.1 Å². The second kappa shape index (κ2) is 9.36. The molecular formula is C22H23N3O3S. The van der Waals surface area contributed by atoms with E-state index < -0.39 is 10.0 Å². The Morgan fingerprint density at radius 2 is 1.34 bits per heavy atom. The number of primary sulfonamides is 1. The minimum atomic E-state index is -3.70. The van der Waals surface area contributed by atoms with Crippen LogP contribution >= 0.6 is 0 Å². The summed E-state index contributed by atoms with van der Waals surface area (Å²) in [6.07, 6.45) is 0.569. The first kappa shape index (κ1) is 20.6. The zero-order valence-electron chi connectivity index (χ0n) is 15.8. The van der Waals surface area contributed by atoms with Crippen molar-refractivity contribution >= 4 is 16.1 Å². The van der Waals surface area contributed by atoms with Gasteiger partial charge in [-0.3, -0.25) is 0 Å². The standard InChI is InChI=1S/C22H23N3O3S/c23-29(27,28)20-13-11-17(12-14-20)15-16-24-22(26)25-21(18-7-3-1-4-8-18)19-9-5-2-6-10-19/h1-14,21H,15-16H2,(H2,23,27,28)(H2,24,25,26). The van der Waals surface area contributed by atoms with Gasteiger partial charge in [-0.05, 0) is 35.2 Å². The Kier molecular flexibility index (Phi) is 6.64. The molecule has 7 heteroatoms. The first-order valence-electron chi connectivity index (χ1n) is 9.19. The van der Waals surface area contributed by atoms with Crippen molar-refractivity contribution in [3.63, 3.8) is 0 Å². The molecule has 0 aliphatic heterocycles. The number of nitrogens with one attached hydrogen (secondary N) is 2. The van der Waals surface area contributed by atoms with Crippen molar-refractivity contribution in [1.29, 1.82) is 0 Å². The third-order valence-corrected chi connectivity index (χ3v) is 5.42. The molecule has 0 aromatic heterocycles. The average Bonchev–Trinajstić information content (AvgIpc) is 2.73. The molecule has 0 atom stereocenters. The van der Waals surface area contributed by atoms with E-state index in [2.05, 4.69) is 10.6 Å². The highest BCUT2D eigenvalue weighted by molar-refractivity contribution is 7.89. The van der Waals surface area contributed by atoms with Crippen LogP contribution in [-0.4, -0.2) is 21.0 Å². The molecule has 4 N–H and O–H groups in total. The largest absolute Gasteiger partial charge is 0.338 e. The number of rotatable bonds is 7. The molecule has 3 rings (SSSR count). The van der Waals surface area contributed by atoms with Crippen LogP contribution in [0.15, 0.2) is 89.8 Å². The number of nitrogens with two attached hydrogens (primary N) is 1. The van der Waals surface area contributed by atoms with Gasteiger partial charge in [-0.15, -0.1) is 0 Å². The number of hydrogen-bond donors (Lipinski definition) is 3. The Bertz CT molecular complexity index is 998. The molecule has 150 valence electrons. The van der Waals surface area contributed by atoms with E-state index in [0.29, 0.717) is 13.0 Å². The van der Waals surface area contributed by atoms with Crippen molar-refractivity contribution in [2.24, 2.45) is 5.14 Å². The number of amides is 2. The van der Waals surface area contributed by atoms with Crippen LogP contribution in [0.5, 0.6) is 0 Å². The molecule has 29 heavy (non-hydrogen) atoms. The van der Waals surface area contributed by atoms with Crippen LogP contribution in [0.1, 0.15) is 22.7 Å². The molecular weight excluding hydrogens is 386 g/mol. The average molecular weight is 410 g/mol. The summed E-state index contributed by atoms with van der Waals surface area (Å²) in [5.74, 6) is 0. The maximum absolute atomic E-state index is 12.5. The number of sulfonamides is 1. The molecule has 0 unspecified atom stereocenters. The highest BCUT2D eigenvalue weighted by Gasteiger charge is 2.16. The molecule has 3 aromatic rings. The Morgan fingerprint density at radius 3 is 1.83 bits per heavy atom. The second-order valence-corrected chi connectivity index (χ2v) is 8.16. The molecule has 0 saturated heterocycles. The summed E-state index contributed by atoms with van der Waals surface area (Å²) in [7, 11) is -3.70. The number of benzene rings is 3. The Hall–Kier alpha value is -3.16. The van der Waals surface area contributed by atoms with Crippen molar-refractivity contribution in [2.45, 2.75) is 17.4 Å². The maximum Gasteiger partial charge on any atom is 0.315 e. The lowest BCUT2D eigenvalue weighted by atomic mass is 9.99. The van der Waals surface area contributed by atoms with E-state index >= 15 is 0 Å². The van der Waals surface area contributed by atoms with Crippen molar-refractivity contribution in [2.75, 3.05) is 6.54 Å². The van der Waals surface area contributed by atoms with Crippen molar-refractivity contribution < 1.29 is 13.2 Å². The van der Waals surface area contributed by atoms with E-state index in [-0.39, 0.29) is 17.0 Å². The lowest BCUT2D eigenvalue weighted by molar-refractivity contribution is 0.239. The molecule has 0 fully saturated rings. The van der Waals surface area contributed by atoms with Crippen LogP contribution in [0.2, 0.25) is 0 Å². The fourth-order valence-electron chi connectivity index (χ4n) is 3.00. The van der Waals surface area contributed by atoms with Crippen LogP contribution in [-0.2, 0) is 16.4 Å². The van der Waals surface area contributed by atoms with E-state index in [1.807, 2.05) is 60.7 Å². The summed E-state index contributed by atoms with van der Waals surface area (Å²) < 4.78 is 22.6. The predicted octanol–water partition coefficient (Wildman–Crippen LogP) is 2.97. The fraction of sp³-hybridized carbons (Fsp3) is 0.136. The van der Waals surface area contributed by atoms with Gasteiger partial charge < -0.3 is 10.6 Å². The third kappa shape index (κ3) is 5.91. The summed E-state index contributed by atoms with van der Waals surface area (Å²) in [5.41, 5.74) is 2.89. The topological polar surface area (TPSA) is 101 Å². The lowest BCUT2D eigenvalue weighted by Crippen LogP contribution is -2.39. The predicted molar refractivity (Wildman–Crippen MR) is 113 cm³/mol. The van der Waals surface area contributed by atoms with Crippen LogP contribution in [0.25, 0.3) is 0 Å². The summed E-state index contributed by atoms with van der Waals surface area (Å²) >= 11 is 0. The molecule has 0 heterocycles. The van der Waals surface area contributed by atoms with Crippen LogP contribution < -0.4 is 15.8 Å². The monoisotopic (exact) mass is 409 g/mol. The van der Waals surface area contributed by atoms with E-state index in [1.165, 1.54) is 12.1 Å². The third-order valence-electron chi connectivity index (χ3n) is 4.49. The molecule has 0 aliphatic carbocycles. The quantitative estimate of drug-likeness (QED) is 0.559. The fourth-order valence-corrected chi connectivity index (χ4v) is 3.51. The van der Waals surface area contributed by atoms with E-state index in [0.717, 1.165) is 16.7 Å². The number of carbonyl (C=O) groups is 1. The van der Waals surface area contributed by atoms with Gasteiger partial charge in [0, 0.05) is 6.54 Å². The Balaban J connectivity index is 1.59. The lowest BCUT2D eigenvalue weighted by Gasteiger charge is -2.20. The van der Waals surface area contributed by atoms with Crippen molar-refractivity contribution in [3.8, 4) is 0 Å². The minimum Gasteiger partial charge on any atom is -0.338 e. The van der Waals surface area contributed by atoms with E-state index in [9.17, 15) is 13.2 Å². The molecule has 0 radical (unpaired) electrons. The first-order chi connectivity index (χ1) is 13.9. The first-order valence-corrected chi connectivity index (χ1v) is 10.7. The molecule has 3 aromatic carbocycles. The zero-order valence-corrected chi connectivity index (χ0v) is 16.6. The van der Waals surface area contributed by atoms with Gasteiger partial charge in [0.15, 0.2) is 0 Å². The Labute approximate surface area is 170 Å². The number of hydrogen-bond acceptors (Lipinski definition) is 3. The van der Waals surface area contributed by atoms with Gasteiger partial charge in [0.05, 0.1) is 10.9 Å². The van der Waals surface area contributed by atoms with Gasteiger partial charge in [-0.1, -0.05) is 72.8 Å². The maximum atomic E-state index is 12.5. The summed E-state index contributed by atoms with van der Waals surface area (Å²) in [5, 5.41) is 11.0. The SMILES string of the molecule is NS(=O)(=O)c1ccc(CCNC(=O)NC(c2ccccc2)c2ccccc2)cc1. The number of urea groups is 1. The van der Waals surface area contributed by atoms with Crippen LogP contribution in [0.4, 0.5) is 4.79 Å². The van der Waals surface area contributed by atoms with Crippen molar-refractivity contribution in [3.05, 3.63) is 102 Å². The van der Waals surface area contributed by atoms with Gasteiger partial charge in [0.1, 0.15) is 0 Å². The molecule has 0 bridgehead atoms. The van der Waals surface area contributed by atoms with Crippen LogP contribution in [0, 0.1) is 0 Å². The van der Waals surface area contributed by atoms with Gasteiger partial charge in [-0.2, -0.15) is 0 Å². The van der Waals surface area contributed by atoms with E-state index in [4.69, 9.17) is 5.14 Å². The minimum absolute atomic E-state index is 0.0699. The molecule has 0 saturated carbocycles. The van der Waals surface area contributed by atoms with Gasteiger partial charge in [-0.25, -0.2) is 18.4 Å². The molecule has 6 nitrogen and oxygen atoms in total. The summed E-state index contributed by atoms with van der Waals surface area (Å²) in [6.45, 7) is 0.414. The van der Waals surface area contributed by atoms with Crippen molar-refractivity contribution in [1.82, 2.24) is 10.6 Å². The van der Waals surface area contributed by atoms with Crippen LogP contribution in [0.3, 0.4) is 0 Å². The molecule has 0 aliphatic rings. The van der Waals surface area contributed by atoms with Gasteiger partial charge >= 0.3 is 6.03 Å². The highest BCUT2D eigenvalue weighted by atomic mass is 32.2. The molecule has 2 amide bonds. The van der Waals surface area contributed by atoms with Gasteiger partial charge in [0.25, 0.3) is 0 Å². The highest BCUT2D eigenvalue weighted by Crippen LogP contribution is 2.21.